The van der Waals surface area contributed by atoms with Crippen molar-refractivity contribution >= 4 is 28.3 Å². The van der Waals surface area contributed by atoms with Crippen LogP contribution >= 0.6 is 11.3 Å². The van der Waals surface area contributed by atoms with E-state index in [0.29, 0.717) is 13.2 Å². The molecule has 26 heavy (non-hydrogen) atoms. The summed E-state index contributed by atoms with van der Waals surface area (Å²) < 4.78 is 5.35. The molecule has 4 rings (SSSR count). The average molecular weight is 378 g/mol. The van der Waals surface area contributed by atoms with Crippen LogP contribution in [0.4, 0.5) is 5.13 Å². The molecule has 142 valence electrons. The minimum Gasteiger partial charge on any atom is -0.378 e. The molecule has 3 heterocycles. The molecule has 3 aliphatic rings. The summed E-state index contributed by atoms with van der Waals surface area (Å²) in [5, 5.41) is 1.05. The van der Waals surface area contributed by atoms with Crippen molar-refractivity contribution < 1.29 is 14.3 Å². The Morgan fingerprint density at radius 3 is 2.50 bits per heavy atom. The van der Waals surface area contributed by atoms with Gasteiger partial charge in [-0.25, -0.2) is 4.98 Å². The number of piperazine rings is 1. The number of morpholine rings is 1. The second-order valence-electron chi connectivity index (χ2n) is 7.24. The zero-order valence-corrected chi connectivity index (χ0v) is 16.1. The predicted octanol–water partition coefficient (Wildman–Crippen LogP) is 0.775. The monoisotopic (exact) mass is 378 g/mol. The molecular weight excluding hydrogens is 352 g/mol. The Labute approximate surface area is 157 Å². The van der Waals surface area contributed by atoms with Crippen molar-refractivity contribution in [3.8, 4) is 0 Å². The first kappa shape index (κ1) is 17.7. The lowest BCUT2D eigenvalue weighted by Gasteiger charge is -2.33. The third-order valence-corrected chi connectivity index (χ3v) is 6.78. The van der Waals surface area contributed by atoms with Crippen LogP contribution in [0.5, 0.6) is 0 Å². The summed E-state index contributed by atoms with van der Waals surface area (Å²) in [4.78, 5) is 36.5. The maximum absolute atomic E-state index is 12.8. The number of aryl methyl sites for hydroxylation is 1. The average Bonchev–Trinajstić information content (AvgIpc) is 3.11. The smallest absolute Gasteiger partial charge is 0.226 e. The van der Waals surface area contributed by atoms with Crippen molar-refractivity contribution in [2.75, 3.05) is 57.4 Å². The standard InChI is InChI=1S/C18H26N4O3S/c1-13(23)20-4-6-22(7-5-20)18-19-15-3-2-14(12-16(15)26-18)17(24)21-8-10-25-11-9-21/h14H,2-12H2,1H3/t14-/m0/s1. The van der Waals surface area contributed by atoms with Crippen molar-refractivity contribution in [1.82, 2.24) is 14.8 Å². The van der Waals surface area contributed by atoms with Crippen LogP contribution in [0.25, 0.3) is 0 Å². The number of thiazole rings is 1. The second kappa shape index (κ2) is 7.52. The largest absolute Gasteiger partial charge is 0.378 e. The first-order valence-corrected chi connectivity index (χ1v) is 10.3. The van der Waals surface area contributed by atoms with Gasteiger partial charge in [-0.2, -0.15) is 0 Å². The molecule has 0 radical (unpaired) electrons. The van der Waals surface area contributed by atoms with E-state index in [1.54, 1.807) is 18.3 Å². The Morgan fingerprint density at radius 1 is 1.08 bits per heavy atom. The maximum atomic E-state index is 12.8. The highest BCUT2D eigenvalue weighted by molar-refractivity contribution is 7.15. The number of hydrogen-bond donors (Lipinski definition) is 0. The molecule has 0 unspecified atom stereocenters. The number of hydrogen-bond acceptors (Lipinski definition) is 6. The van der Waals surface area contributed by atoms with Crippen LogP contribution in [0, 0.1) is 5.92 Å². The lowest BCUT2D eigenvalue weighted by atomic mass is 9.90. The molecule has 2 fully saturated rings. The third kappa shape index (κ3) is 3.57. The fourth-order valence-corrected chi connectivity index (χ4v) is 5.20. The quantitative estimate of drug-likeness (QED) is 0.761. The van der Waals surface area contributed by atoms with Gasteiger partial charge in [0.25, 0.3) is 0 Å². The Bertz CT molecular complexity index is 678. The van der Waals surface area contributed by atoms with Crippen molar-refractivity contribution in [1.29, 1.82) is 0 Å². The summed E-state index contributed by atoms with van der Waals surface area (Å²) in [5.41, 5.74) is 1.17. The zero-order chi connectivity index (χ0) is 18.1. The van der Waals surface area contributed by atoms with Crippen LogP contribution in [-0.4, -0.2) is 79.1 Å². The van der Waals surface area contributed by atoms with Gasteiger partial charge in [-0.3, -0.25) is 9.59 Å². The van der Waals surface area contributed by atoms with E-state index in [2.05, 4.69) is 4.90 Å². The number of amides is 2. The fraction of sp³-hybridized carbons (Fsp3) is 0.722. The van der Waals surface area contributed by atoms with Crippen LogP contribution in [-0.2, 0) is 27.2 Å². The van der Waals surface area contributed by atoms with Crippen LogP contribution in [0.2, 0.25) is 0 Å². The van der Waals surface area contributed by atoms with Gasteiger partial charge in [0.1, 0.15) is 0 Å². The Morgan fingerprint density at radius 2 is 1.81 bits per heavy atom. The molecule has 2 amide bonds. The Balaban J connectivity index is 1.39. The van der Waals surface area contributed by atoms with Gasteiger partial charge in [0.2, 0.25) is 11.8 Å². The Kier molecular flexibility index (Phi) is 5.13. The van der Waals surface area contributed by atoms with Gasteiger partial charge in [0, 0.05) is 57.0 Å². The van der Waals surface area contributed by atoms with E-state index in [1.165, 1.54) is 10.6 Å². The Hall–Kier alpha value is -1.67. The predicted molar refractivity (Wildman–Crippen MR) is 99.5 cm³/mol. The molecule has 2 saturated heterocycles. The lowest BCUT2D eigenvalue weighted by Crippen LogP contribution is -2.48. The number of carbonyl (C=O) groups is 2. The van der Waals surface area contributed by atoms with Gasteiger partial charge in [0.15, 0.2) is 5.13 Å². The summed E-state index contributed by atoms with van der Waals surface area (Å²) in [6.45, 7) is 7.57. The summed E-state index contributed by atoms with van der Waals surface area (Å²) >= 11 is 1.74. The number of carbonyl (C=O) groups excluding carboxylic acids is 2. The number of nitrogens with zero attached hydrogens (tertiary/aromatic N) is 4. The first-order chi connectivity index (χ1) is 12.6. The molecule has 0 bridgehead atoms. The second-order valence-corrected chi connectivity index (χ2v) is 8.30. The van der Waals surface area contributed by atoms with E-state index in [4.69, 9.17) is 9.72 Å². The molecule has 1 aromatic heterocycles. The SMILES string of the molecule is CC(=O)N1CCN(c2nc3c(s2)C[C@@H](C(=O)N2CCOCC2)CC3)CC1. The van der Waals surface area contributed by atoms with Crippen molar-refractivity contribution in [3.63, 3.8) is 0 Å². The van der Waals surface area contributed by atoms with Crippen molar-refractivity contribution in [2.24, 2.45) is 5.92 Å². The van der Waals surface area contributed by atoms with E-state index in [9.17, 15) is 9.59 Å². The first-order valence-electron chi connectivity index (χ1n) is 9.47. The van der Waals surface area contributed by atoms with Gasteiger partial charge in [-0.05, 0) is 19.3 Å². The van der Waals surface area contributed by atoms with Crippen LogP contribution in [0.1, 0.15) is 23.9 Å². The summed E-state index contributed by atoms with van der Waals surface area (Å²) in [5.74, 6) is 0.514. The molecule has 1 aromatic rings. The number of fused-ring (bicyclic) bond motifs is 1. The zero-order valence-electron chi connectivity index (χ0n) is 15.3. The highest BCUT2D eigenvalue weighted by atomic mass is 32.1. The third-order valence-electron chi connectivity index (χ3n) is 5.60. The van der Waals surface area contributed by atoms with Crippen LogP contribution < -0.4 is 4.90 Å². The van der Waals surface area contributed by atoms with Crippen molar-refractivity contribution in [3.05, 3.63) is 10.6 Å². The van der Waals surface area contributed by atoms with Gasteiger partial charge >= 0.3 is 0 Å². The fourth-order valence-electron chi connectivity index (χ4n) is 3.96. The molecule has 0 aromatic carbocycles. The van der Waals surface area contributed by atoms with Gasteiger partial charge in [0.05, 0.1) is 18.9 Å². The summed E-state index contributed by atoms with van der Waals surface area (Å²) in [7, 11) is 0. The van der Waals surface area contributed by atoms with Crippen LogP contribution in [0.3, 0.4) is 0 Å². The molecule has 0 N–H and O–H groups in total. The summed E-state index contributed by atoms with van der Waals surface area (Å²) in [6, 6.07) is 0. The number of ether oxygens (including phenoxy) is 1. The molecule has 1 aliphatic carbocycles. The van der Waals surface area contributed by atoms with E-state index in [-0.39, 0.29) is 17.7 Å². The topological polar surface area (TPSA) is 66.0 Å². The minimum absolute atomic E-state index is 0.0865. The summed E-state index contributed by atoms with van der Waals surface area (Å²) in [6.07, 6.45) is 2.60. The number of aromatic nitrogens is 1. The highest BCUT2D eigenvalue weighted by Gasteiger charge is 2.32. The molecule has 0 saturated carbocycles. The number of anilines is 1. The van der Waals surface area contributed by atoms with Gasteiger partial charge < -0.3 is 19.4 Å². The molecule has 7 nitrogen and oxygen atoms in total. The van der Waals surface area contributed by atoms with Crippen LogP contribution in [0.15, 0.2) is 0 Å². The molecule has 2 aliphatic heterocycles. The van der Waals surface area contributed by atoms with E-state index >= 15 is 0 Å². The van der Waals surface area contributed by atoms with Gasteiger partial charge in [-0.15, -0.1) is 11.3 Å². The van der Waals surface area contributed by atoms with E-state index < -0.39 is 0 Å². The molecule has 1 atom stereocenters. The minimum atomic E-state index is 0.0865. The van der Waals surface area contributed by atoms with E-state index in [0.717, 1.165) is 63.7 Å². The lowest BCUT2D eigenvalue weighted by molar-refractivity contribution is -0.140. The molecule has 8 heteroatoms. The molecular formula is C18H26N4O3S. The number of rotatable bonds is 2. The normalized spacial score (nSPS) is 23.7. The van der Waals surface area contributed by atoms with E-state index in [1.807, 2.05) is 9.80 Å². The van der Waals surface area contributed by atoms with Crippen molar-refractivity contribution in [2.45, 2.75) is 26.2 Å². The highest BCUT2D eigenvalue weighted by Crippen LogP contribution is 2.35. The molecule has 0 spiro atoms. The van der Waals surface area contributed by atoms with Gasteiger partial charge in [-0.1, -0.05) is 0 Å². The maximum Gasteiger partial charge on any atom is 0.226 e.